The lowest BCUT2D eigenvalue weighted by atomic mass is 9.99. The van der Waals surface area contributed by atoms with Crippen LogP contribution >= 0.6 is 17.2 Å². The Balaban J connectivity index is 3.83. The third-order valence-electron chi connectivity index (χ3n) is 3.23. The molecule has 0 bridgehead atoms. The summed E-state index contributed by atoms with van der Waals surface area (Å²) in [4.78, 5) is 0. The van der Waals surface area contributed by atoms with E-state index in [4.69, 9.17) is 0 Å². The zero-order chi connectivity index (χ0) is 10.3. The molecule has 80 valence electrons. The lowest BCUT2D eigenvalue weighted by molar-refractivity contribution is 0.533. The highest BCUT2D eigenvalue weighted by atomic mass is 31.1. The van der Waals surface area contributed by atoms with E-state index in [1.165, 1.54) is 37.7 Å². The molecule has 13 heavy (non-hydrogen) atoms. The smallest absolute Gasteiger partial charge is 0.0152 e. The molecule has 0 aliphatic carbocycles. The minimum atomic E-state index is 0.355. The first-order chi connectivity index (χ1) is 6.11. The molecule has 0 aromatic carbocycles. The fourth-order valence-electron chi connectivity index (χ4n) is 1.52. The summed E-state index contributed by atoms with van der Waals surface area (Å²) in [5.74, 6) is 0. The molecule has 0 fully saturated rings. The van der Waals surface area contributed by atoms with E-state index in [9.17, 15) is 0 Å². The van der Waals surface area contributed by atoms with Crippen molar-refractivity contribution >= 4 is 17.2 Å². The molecule has 2 heteroatoms. The first-order valence-electron chi connectivity index (χ1n) is 5.63. The highest BCUT2D eigenvalue weighted by Crippen LogP contribution is 2.40. The van der Waals surface area contributed by atoms with E-state index in [0.29, 0.717) is 13.1 Å². The van der Waals surface area contributed by atoms with Gasteiger partial charge in [-0.1, -0.05) is 27.7 Å². The highest BCUT2D eigenvalue weighted by molar-refractivity contribution is 7.57. The van der Waals surface area contributed by atoms with Crippen molar-refractivity contribution in [2.24, 2.45) is 0 Å². The zero-order valence-corrected chi connectivity index (χ0v) is 11.8. The molecule has 0 nitrogen and oxygen atoms in total. The van der Waals surface area contributed by atoms with Crippen LogP contribution in [0, 0.1) is 0 Å². The largest absolute Gasteiger partial charge is 0.131 e. The molecule has 0 radical (unpaired) electrons. The van der Waals surface area contributed by atoms with Crippen LogP contribution in [-0.2, 0) is 0 Å². The molecule has 0 heterocycles. The van der Waals surface area contributed by atoms with E-state index >= 15 is 0 Å². The van der Waals surface area contributed by atoms with E-state index < -0.39 is 0 Å². The van der Waals surface area contributed by atoms with Gasteiger partial charge in [-0.25, -0.2) is 0 Å². The van der Waals surface area contributed by atoms with E-state index in [0.717, 1.165) is 0 Å². The van der Waals surface area contributed by atoms with Crippen LogP contribution in [0.5, 0.6) is 0 Å². The molecule has 0 N–H and O–H groups in total. The summed E-state index contributed by atoms with van der Waals surface area (Å²) in [5, 5.41) is 0.547. The summed E-state index contributed by atoms with van der Waals surface area (Å²) in [6, 6.07) is 0. The van der Waals surface area contributed by atoms with Crippen molar-refractivity contribution < 1.29 is 0 Å². The van der Waals surface area contributed by atoms with Crippen LogP contribution in [0.4, 0.5) is 0 Å². The van der Waals surface area contributed by atoms with E-state index in [1.807, 2.05) is 0 Å². The maximum atomic E-state index is 3.09. The van der Waals surface area contributed by atoms with Crippen molar-refractivity contribution in [2.45, 2.75) is 52.1 Å². The maximum absolute atomic E-state index is 3.09. The maximum Gasteiger partial charge on any atom is -0.0152 e. The third-order valence-corrected chi connectivity index (χ3v) is 6.98. The monoisotopic (exact) mass is 220 g/mol. The molecule has 1 unspecified atom stereocenters. The van der Waals surface area contributed by atoms with Gasteiger partial charge >= 0.3 is 0 Å². The second-order valence-corrected chi connectivity index (χ2v) is 8.12. The van der Waals surface area contributed by atoms with Gasteiger partial charge in [0.2, 0.25) is 0 Å². The van der Waals surface area contributed by atoms with Crippen molar-refractivity contribution in [3.63, 3.8) is 0 Å². The van der Waals surface area contributed by atoms with E-state index in [-0.39, 0.29) is 0 Å². The number of hydrogen-bond donors (Lipinski definition) is 0. The van der Waals surface area contributed by atoms with Crippen LogP contribution in [0.2, 0.25) is 0 Å². The Kier molecular flexibility index (Phi) is 7.67. The molecule has 0 spiro atoms. The molecule has 0 aliphatic heterocycles. The number of rotatable bonds is 7. The molecule has 1 atom stereocenters. The molecule has 0 saturated carbocycles. The van der Waals surface area contributed by atoms with Crippen molar-refractivity contribution in [1.29, 1.82) is 0 Å². The van der Waals surface area contributed by atoms with Gasteiger partial charge in [-0.2, -0.15) is 0 Å². The fraction of sp³-hybridized carbons (Fsp3) is 1.00. The first-order valence-corrected chi connectivity index (χ1v) is 8.10. The molecule has 0 rings (SSSR count). The second kappa shape index (κ2) is 7.19. The quantitative estimate of drug-likeness (QED) is 0.560. The van der Waals surface area contributed by atoms with Crippen LogP contribution in [0.25, 0.3) is 0 Å². The van der Waals surface area contributed by atoms with Crippen molar-refractivity contribution in [2.75, 3.05) is 18.5 Å². The average molecular weight is 220 g/mol. The predicted octanol–water partition coefficient (Wildman–Crippen LogP) is 4.33. The van der Waals surface area contributed by atoms with Crippen LogP contribution in [0.3, 0.4) is 0 Å². The van der Waals surface area contributed by atoms with Gasteiger partial charge in [0.05, 0.1) is 0 Å². The van der Waals surface area contributed by atoms with Gasteiger partial charge in [0.25, 0.3) is 0 Å². The fourth-order valence-corrected chi connectivity index (χ4v) is 3.75. The lowest BCUT2D eigenvalue weighted by Crippen LogP contribution is -2.19. The average Bonchev–Trinajstić information content (AvgIpc) is 2.19. The van der Waals surface area contributed by atoms with Gasteiger partial charge in [-0.05, 0) is 42.9 Å². The standard InChI is InChI=1S/C11H26P2/c1-5-11(12,6-2)9-10-13(7-3)8-4/h5-10,12H2,1-4H3. The van der Waals surface area contributed by atoms with Gasteiger partial charge < -0.3 is 0 Å². The summed E-state index contributed by atoms with van der Waals surface area (Å²) in [5.41, 5.74) is 0. The van der Waals surface area contributed by atoms with Crippen LogP contribution in [0.15, 0.2) is 0 Å². The van der Waals surface area contributed by atoms with E-state index in [1.54, 1.807) is 0 Å². The molecule has 0 amide bonds. The van der Waals surface area contributed by atoms with Crippen molar-refractivity contribution in [3.05, 3.63) is 0 Å². The Labute approximate surface area is 88.2 Å². The first kappa shape index (κ1) is 13.9. The van der Waals surface area contributed by atoms with Crippen LogP contribution in [-0.4, -0.2) is 23.6 Å². The number of hydrogen-bond acceptors (Lipinski definition) is 0. The second-order valence-electron chi connectivity index (χ2n) is 3.85. The van der Waals surface area contributed by atoms with Gasteiger partial charge in [-0.3, -0.25) is 0 Å². The molecular weight excluding hydrogens is 194 g/mol. The normalized spacial score (nSPS) is 12.5. The van der Waals surface area contributed by atoms with Crippen molar-refractivity contribution in [1.82, 2.24) is 0 Å². The Hall–Kier alpha value is 0.860. The zero-order valence-electron chi connectivity index (χ0n) is 9.77. The Morgan fingerprint density at radius 2 is 1.46 bits per heavy atom. The van der Waals surface area contributed by atoms with Gasteiger partial charge in [-0.15, -0.1) is 17.2 Å². The minimum absolute atomic E-state index is 0.355. The third kappa shape index (κ3) is 5.34. The molecule has 0 saturated heterocycles. The molecule has 0 aliphatic rings. The predicted molar refractivity (Wildman–Crippen MR) is 70.5 cm³/mol. The highest BCUT2D eigenvalue weighted by Gasteiger charge is 2.20. The molecule has 0 aromatic rings. The Morgan fingerprint density at radius 3 is 1.77 bits per heavy atom. The SMILES string of the molecule is CCP(CC)CCC(P)(CC)CC. The van der Waals surface area contributed by atoms with Crippen LogP contribution in [0.1, 0.15) is 47.0 Å². The summed E-state index contributed by atoms with van der Waals surface area (Å²) >= 11 is 0. The van der Waals surface area contributed by atoms with E-state index in [2.05, 4.69) is 36.9 Å². The molecular formula is C11H26P2. The van der Waals surface area contributed by atoms with Gasteiger partial charge in [0.15, 0.2) is 0 Å². The summed E-state index contributed by atoms with van der Waals surface area (Å²) < 4.78 is 0. The minimum Gasteiger partial charge on any atom is -0.131 e. The van der Waals surface area contributed by atoms with Crippen LogP contribution < -0.4 is 0 Å². The Bertz CT molecular complexity index is 115. The summed E-state index contributed by atoms with van der Waals surface area (Å²) in [6.07, 6.45) is 8.35. The van der Waals surface area contributed by atoms with Crippen molar-refractivity contribution in [3.8, 4) is 0 Å². The van der Waals surface area contributed by atoms with Gasteiger partial charge in [0.1, 0.15) is 0 Å². The van der Waals surface area contributed by atoms with Gasteiger partial charge in [0, 0.05) is 0 Å². The summed E-state index contributed by atoms with van der Waals surface area (Å²) in [7, 11) is 3.44. The lowest BCUT2D eigenvalue weighted by Gasteiger charge is -2.28. The summed E-state index contributed by atoms with van der Waals surface area (Å²) in [6.45, 7) is 9.32. The topological polar surface area (TPSA) is 0 Å². The molecule has 0 aromatic heterocycles. The Morgan fingerprint density at radius 1 is 1.00 bits per heavy atom.